The monoisotopic (exact) mass is 365 g/mol. The van der Waals surface area contributed by atoms with E-state index in [1.165, 1.54) is 23.3 Å². The summed E-state index contributed by atoms with van der Waals surface area (Å²) in [6.07, 6.45) is -0.433. The number of nitrogens with one attached hydrogen (secondary N) is 1. The van der Waals surface area contributed by atoms with Gasteiger partial charge in [-0.15, -0.1) is 11.3 Å². The average molecular weight is 366 g/mol. The van der Waals surface area contributed by atoms with E-state index >= 15 is 0 Å². The van der Waals surface area contributed by atoms with E-state index in [-0.39, 0.29) is 10.3 Å². The van der Waals surface area contributed by atoms with Crippen LogP contribution in [0.1, 0.15) is 32.4 Å². The standard InChI is InChI=1S/C13H23N3O3S3/c1-8(2)5-15-11-7-16(6-9(3)17)21-13-10(11)4-12(20-13)22(14,18)19/h4,8-9,11,15,17H,5-7H2,1-3H3,(H2,14,18,19). The lowest BCUT2D eigenvalue weighted by Crippen LogP contribution is -2.38. The van der Waals surface area contributed by atoms with Gasteiger partial charge in [-0.25, -0.2) is 17.9 Å². The van der Waals surface area contributed by atoms with E-state index in [2.05, 4.69) is 23.5 Å². The highest BCUT2D eigenvalue weighted by Crippen LogP contribution is 2.43. The molecule has 1 aliphatic heterocycles. The molecule has 1 aromatic heterocycles. The normalized spacial score (nSPS) is 21.1. The molecule has 0 spiro atoms. The molecule has 6 nitrogen and oxygen atoms in total. The summed E-state index contributed by atoms with van der Waals surface area (Å²) in [4.78, 5) is 0. The highest BCUT2D eigenvalue weighted by atomic mass is 32.3. The Morgan fingerprint density at radius 1 is 1.50 bits per heavy atom. The first-order valence-electron chi connectivity index (χ1n) is 7.17. The van der Waals surface area contributed by atoms with E-state index in [0.29, 0.717) is 12.5 Å². The van der Waals surface area contributed by atoms with Crippen molar-refractivity contribution in [2.24, 2.45) is 11.1 Å². The predicted molar refractivity (Wildman–Crippen MR) is 90.4 cm³/mol. The largest absolute Gasteiger partial charge is 0.392 e. The van der Waals surface area contributed by atoms with Gasteiger partial charge in [-0.1, -0.05) is 13.8 Å². The topological polar surface area (TPSA) is 95.7 Å². The molecule has 2 atom stereocenters. The predicted octanol–water partition coefficient (Wildman–Crippen LogP) is 1.39. The van der Waals surface area contributed by atoms with Crippen LogP contribution >= 0.6 is 23.3 Å². The van der Waals surface area contributed by atoms with E-state index in [0.717, 1.165) is 22.9 Å². The third-order valence-corrected chi connectivity index (χ3v) is 6.99. The van der Waals surface area contributed by atoms with Gasteiger partial charge in [-0.3, -0.25) is 0 Å². The summed E-state index contributed by atoms with van der Waals surface area (Å²) in [7, 11) is -3.68. The van der Waals surface area contributed by atoms with Gasteiger partial charge in [-0.05, 0) is 43.0 Å². The molecule has 2 unspecified atom stereocenters. The van der Waals surface area contributed by atoms with Gasteiger partial charge in [0.2, 0.25) is 10.0 Å². The second-order valence-electron chi connectivity index (χ2n) is 6.00. The summed E-state index contributed by atoms with van der Waals surface area (Å²) >= 11 is 2.69. The molecular weight excluding hydrogens is 342 g/mol. The van der Waals surface area contributed by atoms with Gasteiger partial charge < -0.3 is 10.4 Å². The fraction of sp³-hybridized carbons (Fsp3) is 0.692. The molecule has 126 valence electrons. The molecule has 1 aromatic rings. The van der Waals surface area contributed by atoms with Crippen molar-refractivity contribution >= 4 is 33.3 Å². The fourth-order valence-corrected chi connectivity index (χ4v) is 5.88. The zero-order valence-corrected chi connectivity index (χ0v) is 15.4. The SMILES string of the molecule is CC(C)CNC1CN(CC(C)O)Sc2sc(S(N)(=O)=O)cc21. The number of sulfonamides is 1. The van der Waals surface area contributed by atoms with Gasteiger partial charge in [0, 0.05) is 19.1 Å². The van der Waals surface area contributed by atoms with Crippen LogP contribution in [0.2, 0.25) is 0 Å². The average Bonchev–Trinajstić information content (AvgIpc) is 2.78. The molecule has 0 saturated carbocycles. The van der Waals surface area contributed by atoms with Crippen LogP contribution in [0.15, 0.2) is 14.5 Å². The number of thiophene rings is 1. The molecule has 2 rings (SSSR count). The van der Waals surface area contributed by atoms with Crippen LogP contribution in [-0.2, 0) is 10.0 Å². The minimum absolute atomic E-state index is 0.0455. The molecule has 0 bridgehead atoms. The molecule has 22 heavy (non-hydrogen) atoms. The number of nitrogens with zero attached hydrogens (tertiary/aromatic N) is 1. The molecular formula is C13H23N3O3S3. The van der Waals surface area contributed by atoms with Crippen molar-refractivity contribution in [3.63, 3.8) is 0 Å². The van der Waals surface area contributed by atoms with Crippen LogP contribution < -0.4 is 10.5 Å². The van der Waals surface area contributed by atoms with Crippen LogP contribution in [0, 0.1) is 5.92 Å². The van der Waals surface area contributed by atoms with Crippen molar-refractivity contribution in [3.05, 3.63) is 11.6 Å². The highest BCUT2D eigenvalue weighted by Gasteiger charge is 2.30. The lowest BCUT2D eigenvalue weighted by molar-refractivity contribution is 0.162. The molecule has 4 N–H and O–H groups in total. The molecule has 0 aliphatic carbocycles. The highest BCUT2D eigenvalue weighted by molar-refractivity contribution is 7.99. The first kappa shape index (κ1) is 18.2. The quantitative estimate of drug-likeness (QED) is 0.659. The van der Waals surface area contributed by atoms with E-state index in [1.54, 1.807) is 13.0 Å². The fourth-order valence-electron chi connectivity index (χ4n) is 2.24. The maximum absolute atomic E-state index is 11.6. The summed E-state index contributed by atoms with van der Waals surface area (Å²) < 4.78 is 26.4. The third kappa shape index (κ3) is 4.67. The number of nitrogens with two attached hydrogens (primary N) is 1. The Balaban J connectivity index is 2.27. The Morgan fingerprint density at radius 2 is 2.18 bits per heavy atom. The Labute approximate surface area is 140 Å². The van der Waals surface area contributed by atoms with E-state index in [9.17, 15) is 13.5 Å². The molecule has 0 aromatic carbocycles. The van der Waals surface area contributed by atoms with E-state index in [1.807, 2.05) is 0 Å². The van der Waals surface area contributed by atoms with Gasteiger partial charge in [0.1, 0.15) is 4.21 Å². The number of β-amino-alcohol motifs (C(OH)–C–C–N with tert-alkyl or cyclic N) is 1. The number of aliphatic hydroxyl groups is 1. The van der Waals surface area contributed by atoms with Gasteiger partial charge in [-0.2, -0.15) is 0 Å². The van der Waals surface area contributed by atoms with Crippen molar-refractivity contribution in [2.75, 3.05) is 19.6 Å². The van der Waals surface area contributed by atoms with Crippen LogP contribution in [0.3, 0.4) is 0 Å². The minimum atomic E-state index is -3.68. The van der Waals surface area contributed by atoms with Crippen LogP contribution in [-0.4, -0.2) is 43.6 Å². The summed E-state index contributed by atoms with van der Waals surface area (Å²) in [5, 5.41) is 18.3. The second kappa shape index (κ2) is 7.16. The van der Waals surface area contributed by atoms with Crippen LogP contribution in [0.25, 0.3) is 0 Å². The van der Waals surface area contributed by atoms with Crippen molar-refractivity contribution in [1.29, 1.82) is 0 Å². The number of aliphatic hydroxyl groups excluding tert-OH is 1. The van der Waals surface area contributed by atoms with Gasteiger partial charge in [0.15, 0.2) is 0 Å². The van der Waals surface area contributed by atoms with Crippen molar-refractivity contribution in [1.82, 2.24) is 9.62 Å². The first-order valence-corrected chi connectivity index (χ1v) is 10.3. The first-order chi connectivity index (χ1) is 10.2. The van der Waals surface area contributed by atoms with Crippen molar-refractivity contribution in [3.8, 4) is 0 Å². The van der Waals surface area contributed by atoms with Crippen LogP contribution in [0.5, 0.6) is 0 Å². The number of rotatable bonds is 6. The lowest BCUT2D eigenvalue weighted by Gasteiger charge is -2.33. The molecule has 0 amide bonds. The molecule has 2 heterocycles. The van der Waals surface area contributed by atoms with E-state index < -0.39 is 16.1 Å². The number of hydrogen-bond acceptors (Lipinski definition) is 7. The molecule has 0 radical (unpaired) electrons. The number of primary sulfonamides is 1. The molecule has 1 aliphatic rings. The Bertz CT molecular complexity index is 613. The van der Waals surface area contributed by atoms with E-state index in [4.69, 9.17) is 5.14 Å². The summed E-state index contributed by atoms with van der Waals surface area (Å²) in [6.45, 7) is 8.10. The maximum atomic E-state index is 11.6. The Hall–Kier alpha value is -0.160. The number of hydrogen-bond donors (Lipinski definition) is 3. The molecule has 9 heteroatoms. The Morgan fingerprint density at radius 3 is 2.73 bits per heavy atom. The van der Waals surface area contributed by atoms with Crippen molar-refractivity contribution in [2.45, 2.75) is 41.3 Å². The zero-order chi connectivity index (χ0) is 16.5. The lowest BCUT2D eigenvalue weighted by atomic mass is 10.1. The number of fused-ring (bicyclic) bond motifs is 1. The zero-order valence-electron chi connectivity index (χ0n) is 12.9. The van der Waals surface area contributed by atoms with Gasteiger partial charge in [0.05, 0.1) is 10.3 Å². The smallest absolute Gasteiger partial charge is 0.247 e. The third-order valence-electron chi connectivity index (χ3n) is 3.20. The maximum Gasteiger partial charge on any atom is 0.247 e. The second-order valence-corrected chi connectivity index (χ2v) is 10.2. The van der Waals surface area contributed by atoms with Crippen LogP contribution in [0.4, 0.5) is 0 Å². The summed E-state index contributed by atoms with van der Waals surface area (Å²) in [5.74, 6) is 0.500. The minimum Gasteiger partial charge on any atom is -0.392 e. The summed E-state index contributed by atoms with van der Waals surface area (Å²) in [5.41, 5.74) is 0.988. The molecule has 0 fully saturated rings. The van der Waals surface area contributed by atoms with Crippen molar-refractivity contribution < 1.29 is 13.5 Å². The Kier molecular flexibility index (Phi) is 5.92. The molecule has 0 saturated heterocycles. The summed E-state index contributed by atoms with van der Waals surface area (Å²) in [6, 6.07) is 1.73. The van der Waals surface area contributed by atoms with Gasteiger partial charge in [0.25, 0.3) is 0 Å². The van der Waals surface area contributed by atoms with Gasteiger partial charge >= 0.3 is 0 Å².